The second-order valence-corrected chi connectivity index (χ2v) is 6.04. The Morgan fingerprint density at radius 3 is 2.63 bits per heavy atom. The van der Waals surface area contributed by atoms with Crippen LogP contribution in [-0.4, -0.2) is 50.0 Å². The van der Waals surface area contributed by atoms with Gasteiger partial charge in [0.1, 0.15) is 11.3 Å². The van der Waals surface area contributed by atoms with Gasteiger partial charge in [0.2, 0.25) is 18.2 Å². The van der Waals surface area contributed by atoms with Crippen molar-refractivity contribution in [1.29, 1.82) is 0 Å². The number of aromatic nitrogens is 1. The summed E-state index contributed by atoms with van der Waals surface area (Å²) in [5.74, 6) is 0.0301. The van der Waals surface area contributed by atoms with E-state index in [0.717, 1.165) is 15.4 Å². The van der Waals surface area contributed by atoms with Crippen LogP contribution in [0.2, 0.25) is 0 Å². The van der Waals surface area contributed by atoms with Crippen molar-refractivity contribution < 1.29 is 23.5 Å². The van der Waals surface area contributed by atoms with Crippen LogP contribution < -0.4 is 16.0 Å². The fraction of sp³-hybridized carbons (Fsp3) is 0.412. The van der Waals surface area contributed by atoms with E-state index in [1.807, 2.05) is 13.8 Å². The lowest BCUT2D eigenvalue weighted by Crippen LogP contribution is -2.32. The topological polar surface area (TPSA) is 123 Å². The lowest BCUT2D eigenvalue weighted by Gasteiger charge is -2.03. The number of oxazole rings is 1. The van der Waals surface area contributed by atoms with Crippen molar-refractivity contribution in [3.8, 4) is 10.8 Å². The summed E-state index contributed by atoms with van der Waals surface area (Å²) < 4.78 is 10.3. The van der Waals surface area contributed by atoms with Gasteiger partial charge in [-0.05, 0) is 26.3 Å². The van der Waals surface area contributed by atoms with Gasteiger partial charge >= 0.3 is 5.97 Å². The van der Waals surface area contributed by atoms with E-state index in [0.29, 0.717) is 31.0 Å². The van der Waals surface area contributed by atoms with Crippen LogP contribution in [0.3, 0.4) is 0 Å². The number of esters is 1. The number of hydrogen-bond donors (Lipinski definition) is 3. The number of nitrogens with one attached hydrogen (secondary N) is 3. The quantitative estimate of drug-likeness (QED) is 0.459. The summed E-state index contributed by atoms with van der Waals surface area (Å²) in [5.41, 5.74) is 1.38. The minimum absolute atomic E-state index is 0.0668. The average Bonchev–Trinajstić information content (AvgIpc) is 3.28. The van der Waals surface area contributed by atoms with Gasteiger partial charge < -0.3 is 25.1 Å². The third-order valence-corrected chi connectivity index (χ3v) is 4.50. The summed E-state index contributed by atoms with van der Waals surface area (Å²) in [5, 5.41) is 8.53. The normalized spacial score (nSPS) is 9.63. The van der Waals surface area contributed by atoms with E-state index < -0.39 is 0 Å². The highest BCUT2D eigenvalue weighted by atomic mass is 32.1. The second-order valence-electron chi connectivity index (χ2n) is 5.02. The van der Waals surface area contributed by atoms with E-state index in [9.17, 15) is 14.4 Å². The number of thiophene rings is 1. The fourth-order valence-electron chi connectivity index (χ4n) is 2.07. The molecular weight excluding hydrogens is 372 g/mol. The first kappa shape index (κ1) is 22.2. The van der Waals surface area contributed by atoms with Crippen molar-refractivity contribution in [2.45, 2.75) is 20.8 Å². The van der Waals surface area contributed by atoms with Gasteiger partial charge in [0.05, 0.1) is 29.8 Å². The van der Waals surface area contributed by atoms with Crippen molar-refractivity contribution in [2.75, 3.05) is 32.1 Å². The van der Waals surface area contributed by atoms with Gasteiger partial charge in [-0.15, -0.1) is 11.3 Å². The number of likely N-dealkylation sites (N-methyl/N-ethyl adjacent to an activating group) is 1. The van der Waals surface area contributed by atoms with Crippen molar-refractivity contribution in [3.05, 3.63) is 23.6 Å². The molecule has 9 nitrogen and oxygen atoms in total. The molecule has 0 aliphatic rings. The SMILES string of the molecule is CCNC(=O)CNC=O.CCOC(=O)c1c(NC)sc(-c2ncco2)c1C. The Labute approximate surface area is 161 Å². The highest BCUT2D eigenvalue weighted by Crippen LogP contribution is 2.39. The Kier molecular flexibility index (Phi) is 9.59. The minimum atomic E-state index is -0.326. The lowest BCUT2D eigenvalue weighted by molar-refractivity contribution is -0.122. The Balaban J connectivity index is 0.000000345. The number of hydrogen-bond acceptors (Lipinski definition) is 8. The van der Waals surface area contributed by atoms with E-state index in [4.69, 9.17) is 9.15 Å². The van der Waals surface area contributed by atoms with Gasteiger partial charge in [0.25, 0.3) is 0 Å². The number of carbonyl (C=O) groups excluding carboxylic acids is 3. The molecule has 0 aromatic carbocycles. The molecule has 2 aromatic rings. The van der Waals surface area contributed by atoms with Gasteiger partial charge in [-0.1, -0.05) is 0 Å². The van der Waals surface area contributed by atoms with E-state index in [-0.39, 0.29) is 18.4 Å². The molecular formula is C17H24N4O5S. The third kappa shape index (κ3) is 6.41. The summed E-state index contributed by atoms with van der Waals surface area (Å²) in [6.45, 7) is 6.48. The molecule has 0 saturated carbocycles. The number of rotatable bonds is 8. The molecule has 148 valence electrons. The number of carbonyl (C=O) groups is 3. The largest absolute Gasteiger partial charge is 0.462 e. The molecule has 0 radical (unpaired) electrons. The summed E-state index contributed by atoms with van der Waals surface area (Å²) in [4.78, 5) is 37.0. The molecule has 3 N–H and O–H groups in total. The van der Waals surface area contributed by atoms with Gasteiger partial charge in [0, 0.05) is 13.6 Å². The standard InChI is InChI=1S/C12H14N2O3S.C5H10N2O2/c1-4-16-12(15)8-7(2)9(18-11(8)13-3)10-14-5-6-17-10;1-2-7-5(9)3-6-4-8/h5-6,13H,4H2,1-3H3;4H,2-3H2,1H3,(H,6,8)(H,7,9). The van der Waals surface area contributed by atoms with Gasteiger partial charge in [-0.2, -0.15) is 0 Å². The number of ether oxygens (including phenoxy) is 1. The molecule has 0 unspecified atom stereocenters. The zero-order valence-electron chi connectivity index (χ0n) is 15.8. The third-order valence-electron chi connectivity index (χ3n) is 3.20. The molecule has 0 bridgehead atoms. The Bertz CT molecular complexity index is 743. The average molecular weight is 396 g/mol. The summed E-state index contributed by atoms with van der Waals surface area (Å²) in [6.07, 6.45) is 3.59. The first-order chi connectivity index (χ1) is 13.0. The fourth-order valence-corrected chi connectivity index (χ4v) is 3.16. The smallest absolute Gasteiger partial charge is 0.341 e. The van der Waals surface area contributed by atoms with Crippen LogP contribution in [0.5, 0.6) is 0 Å². The van der Waals surface area contributed by atoms with Crippen LogP contribution in [0.4, 0.5) is 5.00 Å². The molecule has 0 spiro atoms. The molecule has 0 aliphatic carbocycles. The molecule has 0 aliphatic heterocycles. The zero-order valence-corrected chi connectivity index (χ0v) is 16.6. The number of anilines is 1. The molecule has 2 amide bonds. The molecule has 0 atom stereocenters. The highest BCUT2D eigenvalue weighted by molar-refractivity contribution is 7.20. The lowest BCUT2D eigenvalue weighted by atomic mass is 10.1. The van der Waals surface area contributed by atoms with Crippen LogP contribution >= 0.6 is 11.3 Å². The van der Waals surface area contributed by atoms with Gasteiger partial charge in [0.15, 0.2) is 0 Å². The predicted molar refractivity (Wildman–Crippen MR) is 103 cm³/mol. The molecule has 10 heteroatoms. The van der Waals surface area contributed by atoms with Crippen LogP contribution in [0.25, 0.3) is 10.8 Å². The maximum Gasteiger partial charge on any atom is 0.341 e. The summed E-state index contributed by atoms with van der Waals surface area (Å²) in [6, 6.07) is 0. The van der Waals surface area contributed by atoms with Crippen LogP contribution in [0.15, 0.2) is 16.9 Å². The number of amides is 2. The Hall–Kier alpha value is -2.88. The maximum absolute atomic E-state index is 11.9. The molecule has 27 heavy (non-hydrogen) atoms. The van der Waals surface area contributed by atoms with Gasteiger partial charge in [-0.3, -0.25) is 9.59 Å². The molecule has 2 rings (SSSR count). The predicted octanol–water partition coefficient (Wildman–Crippen LogP) is 1.80. The molecule has 0 saturated heterocycles. The first-order valence-corrected chi connectivity index (χ1v) is 9.13. The monoisotopic (exact) mass is 396 g/mol. The van der Waals surface area contributed by atoms with E-state index in [2.05, 4.69) is 20.9 Å². The van der Waals surface area contributed by atoms with Crippen LogP contribution in [-0.2, 0) is 14.3 Å². The highest BCUT2D eigenvalue weighted by Gasteiger charge is 2.23. The Morgan fingerprint density at radius 1 is 1.37 bits per heavy atom. The first-order valence-electron chi connectivity index (χ1n) is 8.31. The number of nitrogens with zero attached hydrogens (tertiary/aromatic N) is 1. The van der Waals surface area contributed by atoms with Crippen molar-refractivity contribution in [2.24, 2.45) is 0 Å². The summed E-state index contributed by atoms with van der Waals surface area (Å²) in [7, 11) is 1.77. The van der Waals surface area contributed by atoms with Crippen molar-refractivity contribution >= 4 is 34.6 Å². The van der Waals surface area contributed by atoms with Gasteiger partial charge in [-0.25, -0.2) is 9.78 Å². The summed E-state index contributed by atoms with van der Waals surface area (Å²) >= 11 is 1.43. The molecule has 2 heterocycles. The molecule has 2 aromatic heterocycles. The zero-order chi connectivity index (χ0) is 20.2. The van der Waals surface area contributed by atoms with Crippen molar-refractivity contribution in [1.82, 2.24) is 15.6 Å². The molecule has 0 fully saturated rings. The Morgan fingerprint density at radius 2 is 2.11 bits per heavy atom. The van der Waals surface area contributed by atoms with E-state index in [1.54, 1.807) is 20.2 Å². The van der Waals surface area contributed by atoms with E-state index >= 15 is 0 Å². The maximum atomic E-state index is 11.9. The van der Waals surface area contributed by atoms with Crippen LogP contribution in [0, 0.1) is 6.92 Å². The second kappa shape index (κ2) is 11.7. The van der Waals surface area contributed by atoms with E-state index in [1.165, 1.54) is 17.6 Å². The van der Waals surface area contributed by atoms with Crippen LogP contribution in [0.1, 0.15) is 29.8 Å². The minimum Gasteiger partial charge on any atom is -0.462 e. The van der Waals surface area contributed by atoms with Crippen molar-refractivity contribution in [3.63, 3.8) is 0 Å².